The number of methoxy groups -OCH3 is 1. The lowest BCUT2D eigenvalue weighted by Crippen LogP contribution is -1.96. The van der Waals surface area contributed by atoms with Crippen molar-refractivity contribution >= 4 is 39.2 Å². The number of imidazole rings is 1. The van der Waals surface area contributed by atoms with Gasteiger partial charge >= 0.3 is 0 Å². The second kappa shape index (κ2) is 4.43. The number of H-pyrrole nitrogens is 1. The van der Waals surface area contributed by atoms with E-state index in [1.165, 1.54) is 0 Å². The number of ether oxygens (including phenoxy) is 1. The summed E-state index contributed by atoms with van der Waals surface area (Å²) in [6, 6.07) is 5.83. The zero-order valence-electron chi connectivity index (χ0n) is 8.79. The number of hydrogen-bond donors (Lipinski definition) is 1. The van der Waals surface area contributed by atoms with Crippen LogP contribution < -0.4 is 4.74 Å². The first-order valence-corrected chi connectivity index (χ1v) is 5.92. The van der Waals surface area contributed by atoms with Gasteiger partial charge in [0.1, 0.15) is 5.75 Å². The lowest BCUT2D eigenvalue weighted by atomic mass is 10.3. The van der Waals surface area contributed by atoms with Crippen LogP contribution in [0.25, 0.3) is 11.0 Å². The van der Waals surface area contributed by atoms with Gasteiger partial charge in [0.2, 0.25) is 0 Å². The highest BCUT2D eigenvalue weighted by Gasteiger charge is 2.05. The Balaban J connectivity index is 2.62. The number of halogens is 1. The maximum Gasteiger partial charge on any atom is 0.178 e. The molecule has 0 amide bonds. The van der Waals surface area contributed by atoms with E-state index in [1.54, 1.807) is 7.11 Å². The van der Waals surface area contributed by atoms with Crippen LogP contribution in [0.2, 0.25) is 0 Å². The molecule has 3 nitrogen and oxygen atoms in total. The third-order valence-corrected chi connectivity index (χ3v) is 2.88. The van der Waals surface area contributed by atoms with Crippen LogP contribution >= 0.6 is 28.1 Å². The molecule has 5 heteroatoms. The minimum atomic E-state index is 0.658. The van der Waals surface area contributed by atoms with Crippen molar-refractivity contribution in [2.75, 3.05) is 7.11 Å². The maximum absolute atomic E-state index is 5.26. The van der Waals surface area contributed by atoms with E-state index in [-0.39, 0.29) is 0 Å². The number of allylic oxidation sites excluding steroid dienone is 1. The highest BCUT2D eigenvalue weighted by molar-refractivity contribution is 9.11. The molecule has 2 aromatic rings. The van der Waals surface area contributed by atoms with Gasteiger partial charge in [-0.2, -0.15) is 0 Å². The molecule has 1 aromatic heterocycles. The average molecular weight is 299 g/mol. The summed E-state index contributed by atoms with van der Waals surface area (Å²) in [7, 11) is 1.65. The molecule has 0 atom stereocenters. The molecule has 0 aliphatic heterocycles. The second-order valence-corrected chi connectivity index (χ2v) is 4.92. The van der Waals surface area contributed by atoms with Crippen LogP contribution in [0.4, 0.5) is 0 Å². The van der Waals surface area contributed by atoms with E-state index in [2.05, 4.69) is 27.5 Å². The fourth-order valence-electron chi connectivity index (χ4n) is 1.60. The van der Waals surface area contributed by atoms with E-state index in [4.69, 9.17) is 17.0 Å². The first-order valence-electron chi connectivity index (χ1n) is 4.71. The van der Waals surface area contributed by atoms with Crippen molar-refractivity contribution in [1.29, 1.82) is 0 Å². The molecule has 16 heavy (non-hydrogen) atoms. The molecular weight excluding hydrogens is 288 g/mol. The monoisotopic (exact) mass is 298 g/mol. The number of nitrogens with one attached hydrogen (secondary N) is 1. The third kappa shape index (κ3) is 2.05. The summed E-state index contributed by atoms with van der Waals surface area (Å²) in [6.45, 7) is 4.48. The zero-order valence-corrected chi connectivity index (χ0v) is 11.2. The van der Waals surface area contributed by atoms with Crippen LogP contribution in [0, 0.1) is 4.77 Å². The molecule has 0 fully saturated rings. The van der Waals surface area contributed by atoms with Crippen molar-refractivity contribution in [3.63, 3.8) is 0 Å². The minimum absolute atomic E-state index is 0.658. The van der Waals surface area contributed by atoms with Crippen LogP contribution in [-0.4, -0.2) is 16.7 Å². The first kappa shape index (κ1) is 11.4. The molecular formula is C11H11BrN2OS. The molecule has 0 spiro atoms. The molecule has 0 saturated heterocycles. The first-order chi connectivity index (χ1) is 7.61. The predicted molar refractivity (Wildman–Crippen MR) is 71.7 cm³/mol. The Bertz CT molecular complexity index is 600. The molecule has 0 unspecified atom stereocenters. The van der Waals surface area contributed by atoms with Crippen molar-refractivity contribution in [2.24, 2.45) is 0 Å². The molecule has 1 N–H and O–H groups in total. The van der Waals surface area contributed by atoms with Gasteiger partial charge in [-0.25, -0.2) is 0 Å². The van der Waals surface area contributed by atoms with E-state index in [0.29, 0.717) is 11.3 Å². The Morgan fingerprint density at radius 3 is 3.00 bits per heavy atom. The summed E-state index contributed by atoms with van der Waals surface area (Å²) in [5.41, 5.74) is 2.02. The van der Waals surface area contributed by atoms with E-state index in [1.807, 2.05) is 22.8 Å². The summed E-state index contributed by atoms with van der Waals surface area (Å²) in [5, 5.41) is 0. The largest absolute Gasteiger partial charge is 0.497 e. The number of nitrogens with zero attached hydrogens (tertiary/aromatic N) is 1. The molecule has 0 radical (unpaired) electrons. The molecule has 0 bridgehead atoms. The lowest BCUT2D eigenvalue weighted by molar-refractivity contribution is 0.415. The zero-order chi connectivity index (χ0) is 11.7. The summed E-state index contributed by atoms with van der Waals surface area (Å²) in [4.78, 5) is 3.14. The van der Waals surface area contributed by atoms with Gasteiger partial charge in [0.05, 0.1) is 24.7 Å². The fourth-order valence-corrected chi connectivity index (χ4v) is 2.12. The van der Waals surface area contributed by atoms with Gasteiger partial charge in [-0.3, -0.25) is 0 Å². The van der Waals surface area contributed by atoms with Gasteiger partial charge in [-0.05, 0) is 24.4 Å². The Hall–Kier alpha value is -1.07. The van der Waals surface area contributed by atoms with Crippen molar-refractivity contribution in [3.8, 4) is 5.75 Å². The number of benzene rings is 1. The van der Waals surface area contributed by atoms with E-state index < -0.39 is 0 Å². The second-order valence-electron chi connectivity index (χ2n) is 3.42. The number of rotatable bonds is 3. The van der Waals surface area contributed by atoms with Crippen LogP contribution in [0.1, 0.15) is 0 Å². The Labute approximate surface area is 107 Å². The topological polar surface area (TPSA) is 29.9 Å². The number of aromatic nitrogens is 2. The van der Waals surface area contributed by atoms with E-state index >= 15 is 0 Å². The van der Waals surface area contributed by atoms with Gasteiger partial charge < -0.3 is 14.3 Å². The molecule has 2 rings (SSSR count). The van der Waals surface area contributed by atoms with Crippen LogP contribution in [0.15, 0.2) is 29.3 Å². The van der Waals surface area contributed by atoms with Crippen molar-refractivity contribution in [2.45, 2.75) is 6.54 Å². The summed E-state index contributed by atoms with van der Waals surface area (Å²) < 4.78 is 8.72. The smallest absolute Gasteiger partial charge is 0.178 e. The Kier molecular flexibility index (Phi) is 3.16. The summed E-state index contributed by atoms with van der Waals surface area (Å²) in [6.07, 6.45) is 0. The van der Waals surface area contributed by atoms with Crippen molar-refractivity contribution < 1.29 is 4.74 Å². The van der Waals surface area contributed by atoms with Gasteiger partial charge in [0.15, 0.2) is 4.77 Å². The van der Waals surface area contributed by atoms with Crippen LogP contribution in [0.3, 0.4) is 0 Å². The maximum atomic E-state index is 5.26. The number of fused-ring (bicyclic) bond motifs is 1. The molecule has 0 aliphatic rings. The quantitative estimate of drug-likeness (QED) is 0.877. The summed E-state index contributed by atoms with van der Waals surface area (Å²) in [5.74, 6) is 0.813. The van der Waals surface area contributed by atoms with E-state index in [9.17, 15) is 0 Å². The highest BCUT2D eigenvalue weighted by atomic mass is 79.9. The number of hydrogen-bond acceptors (Lipinski definition) is 2. The van der Waals surface area contributed by atoms with Gasteiger partial charge in [-0.1, -0.05) is 22.5 Å². The lowest BCUT2D eigenvalue weighted by Gasteiger charge is -2.03. The Morgan fingerprint density at radius 2 is 2.38 bits per heavy atom. The van der Waals surface area contributed by atoms with Gasteiger partial charge in [-0.15, -0.1) is 0 Å². The van der Waals surface area contributed by atoms with Crippen LogP contribution in [-0.2, 0) is 6.54 Å². The average Bonchev–Trinajstić information content (AvgIpc) is 2.54. The minimum Gasteiger partial charge on any atom is -0.497 e. The van der Waals surface area contributed by atoms with Crippen molar-refractivity contribution in [1.82, 2.24) is 9.55 Å². The molecule has 84 valence electrons. The molecule has 0 aliphatic carbocycles. The molecule has 1 aromatic carbocycles. The van der Waals surface area contributed by atoms with E-state index in [0.717, 1.165) is 21.3 Å². The third-order valence-electron chi connectivity index (χ3n) is 2.31. The van der Waals surface area contributed by atoms with Crippen molar-refractivity contribution in [3.05, 3.63) is 34.0 Å². The highest BCUT2D eigenvalue weighted by Crippen LogP contribution is 2.21. The van der Waals surface area contributed by atoms with Gasteiger partial charge in [0.25, 0.3) is 0 Å². The predicted octanol–water partition coefficient (Wildman–Crippen LogP) is 3.62. The van der Waals surface area contributed by atoms with Gasteiger partial charge in [0, 0.05) is 10.5 Å². The molecule has 1 heterocycles. The Morgan fingerprint density at radius 1 is 1.62 bits per heavy atom. The SMILES string of the molecule is C=C(Br)Cn1c(=S)[nH]c2cc(OC)ccc21. The summed E-state index contributed by atoms with van der Waals surface area (Å²) >= 11 is 8.60. The van der Waals surface area contributed by atoms with Crippen LogP contribution in [0.5, 0.6) is 5.75 Å². The molecule has 0 saturated carbocycles. The normalized spacial score (nSPS) is 10.6. The number of aromatic amines is 1. The standard InChI is InChI=1S/C11H11BrN2OS/c1-7(12)6-14-10-4-3-8(15-2)5-9(10)13-11(14)16/h3-5H,1,6H2,2H3,(H,13,16). The fraction of sp³-hybridized carbons (Fsp3) is 0.182.